The molecular formula is C26H29N3O2. The summed E-state index contributed by atoms with van der Waals surface area (Å²) in [6.07, 6.45) is 10.6. The van der Waals surface area contributed by atoms with Gasteiger partial charge in [-0.05, 0) is 36.6 Å². The molecule has 0 atom stereocenters. The van der Waals surface area contributed by atoms with E-state index in [2.05, 4.69) is 65.8 Å². The predicted octanol–water partition coefficient (Wildman–Crippen LogP) is 5.90. The van der Waals surface area contributed by atoms with E-state index < -0.39 is 0 Å². The molecule has 160 valence electrons. The van der Waals surface area contributed by atoms with Gasteiger partial charge in [-0.2, -0.15) is 0 Å². The summed E-state index contributed by atoms with van der Waals surface area (Å²) in [7, 11) is 2.10. The van der Waals surface area contributed by atoms with Gasteiger partial charge < -0.3 is 14.0 Å². The number of aromatic nitrogens is 3. The molecule has 0 amide bonds. The van der Waals surface area contributed by atoms with Crippen molar-refractivity contribution >= 4 is 21.8 Å². The summed E-state index contributed by atoms with van der Waals surface area (Å²) in [5.74, 6) is 0.687. The van der Waals surface area contributed by atoms with Gasteiger partial charge in [0.1, 0.15) is 6.10 Å². The Balaban J connectivity index is 1.28. The minimum Gasteiger partial charge on any atom is -0.474 e. The molecule has 3 heterocycles. The van der Waals surface area contributed by atoms with Gasteiger partial charge in [0.05, 0.1) is 17.7 Å². The fourth-order valence-electron chi connectivity index (χ4n) is 4.50. The van der Waals surface area contributed by atoms with E-state index in [1.807, 2.05) is 24.7 Å². The van der Waals surface area contributed by atoms with Gasteiger partial charge in [0, 0.05) is 66.4 Å². The van der Waals surface area contributed by atoms with Crippen LogP contribution in [0, 0.1) is 0 Å². The van der Waals surface area contributed by atoms with Crippen LogP contribution in [0.5, 0.6) is 5.88 Å². The normalized spacial score (nSPS) is 18.6. The van der Waals surface area contributed by atoms with E-state index in [4.69, 9.17) is 9.47 Å². The lowest BCUT2D eigenvalue weighted by atomic mass is 9.91. The zero-order valence-electron chi connectivity index (χ0n) is 18.4. The highest BCUT2D eigenvalue weighted by atomic mass is 16.5. The first-order valence-corrected chi connectivity index (χ1v) is 11.3. The number of hydrogen-bond donors (Lipinski definition) is 0. The van der Waals surface area contributed by atoms with Gasteiger partial charge >= 0.3 is 0 Å². The Labute approximate surface area is 183 Å². The van der Waals surface area contributed by atoms with Crippen molar-refractivity contribution in [2.45, 2.75) is 57.8 Å². The van der Waals surface area contributed by atoms with Crippen molar-refractivity contribution in [2.24, 2.45) is 7.05 Å². The highest BCUT2D eigenvalue weighted by Crippen LogP contribution is 2.32. The third-order valence-corrected chi connectivity index (χ3v) is 6.51. The van der Waals surface area contributed by atoms with Crippen molar-refractivity contribution in [1.82, 2.24) is 14.5 Å². The molecule has 0 bridgehead atoms. The van der Waals surface area contributed by atoms with Crippen LogP contribution < -0.4 is 4.74 Å². The number of hydrogen-bond acceptors (Lipinski definition) is 4. The molecule has 5 nitrogen and oxygen atoms in total. The Morgan fingerprint density at radius 1 is 0.935 bits per heavy atom. The van der Waals surface area contributed by atoms with Crippen LogP contribution in [0.3, 0.4) is 0 Å². The number of ether oxygens (including phenoxy) is 2. The lowest BCUT2D eigenvalue weighted by Crippen LogP contribution is -2.41. The van der Waals surface area contributed by atoms with Crippen LogP contribution in [0.1, 0.15) is 39.5 Å². The number of aryl methyl sites for hydroxylation is 1. The van der Waals surface area contributed by atoms with Gasteiger partial charge in [0.15, 0.2) is 0 Å². The lowest BCUT2D eigenvalue weighted by molar-refractivity contribution is -0.0983. The van der Waals surface area contributed by atoms with Crippen LogP contribution in [-0.4, -0.2) is 32.8 Å². The summed E-state index contributed by atoms with van der Waals surface area (Å²) in [4.78, 5) is 8.84. The van der Waals surface area contributed by atoms with Gasteiger partial charge in [0.2, 0.25) is 5.88 Å². The summed E-state index contributed by atoms with van der Waals surface area (Å²) in [5.41, 5.74) is 4.61. The zero-order valence-corrected chi connectivity index (χ0v) is 18.4. The molecule has 31 heavy (non-hydrogen) atoms. The second-order valence-corrected chi connectivity index (χ2v) is 8.48. The van der Waals surface area contributed by atoms with Crippen molar-refractivity contribution in [3.8, 4) is 17.0 Å². The minimum atomic E-state index is 0.207. The largest absolute Gasteiger partial charge is 0.474 e. The Hall–Kier alpha value is -2.92. The van der Waals surface area contributed by atoms with E-state index in [9.17, 15) is 0 Å². The third kappa shape index (κ3) is 3.79. The summed E-state index contributed by atoms with van der Waals surface area (Å²) in [6.45, 7) is 4.36. The van der Waals surface area contributed by atoms with Crippen molar-refractivity contribution < 1.29 is 9.47 Å². The Morgan fingerprint density at radius 3 is 2.48 bits per heavy atom. The lowest BCUT2D eigenvalue weighted by Gasteiger charge is -2.36. The molecule has 4 aromatic rings. The number of fused-ring (bicyclic) bond motifs is 3. The molecule has 0 radical (unpaired) electrons. The maximum absolute atomic E-state index is 6.09. The van der Waals surface area contributed by atoms with Crippen LogP contribution in [0.4, 0.5) is 0 Å². The summed E-state index contributed by atoms with van der Waals surface area (Å²) < 4.78 is 14.4. The molecule has 1 aliphatic carbocycles. The molecule has 3 aromatic heterocycles. The average Bonchev–Trinajstić information content (AvgIpc) is 3.07. The second-order valence-electron chi connectivity index (χ2n) is 8.48. The molecule has 5 heteroatoms. The van der Waals surface area contributed by atoms with E-state index in [1.165, 1.54) is 21.8 Å². The Kier molecular flexibility index (Phi) is 5.36. The molecule has 0 aliphatic heterocycles. The number of rotatable bonds is 7. The fraction of sp³-hybridized carbons (Fsp3) is 0.385. The van der Waals surface area contributed by atoms with Gasteiger partial charge in [-0.15, -0.1) is 0 Å². The van der Waals surface area contributed by atoms with Crippen LogP contribution in [0.2, 0.25) is 0 Å². The van der Waals surface area contributed by atoms with E-state index in [0.29, 0.717) is 18.1 Å². The van der Waals surface area contributed by atoms with Crippen LogP contribution in [0.25, 0.3) is 32.9 Å². The van der Waals surface area contributed by atoms with Crippen molar-refractivity contribution in [2.75, 3.05) is 0 Å². The maximum atomic E-state index is 6.09. The minimum absolute atomic E-state index is 0.207. The molecule has 0 spiro atoms. The first kappa shape index (κ1) is 20.0. The number of benzene rings is 1. The second kappa shape index (κ2) is 8.31. The average molecular weight is 416 g/mol. The van der Waals surface area contributed by atoms with E-state index in [-0.39, 0.29) is 6.10 Å². The highest BCUT2D eigenvalue weighted by molar-refractivity contribution is 6.08. The van der Waals surface area contributed by atoms with Crippen molar-refractivity contribution in [3.63, 3.8) is 0 Å². The topological polar surface area (TPSA) is 49.2 Å². The molecule has 0 unspecified atom stereocenters. The Bertz CT molecular complexity index is 1190. The summed E-state index contributed by atoms with van der Waals surface area (Å²) >= 11 is 0. The van der Waals surface area contributed by atoms with E-state index in [0.717, 1.165) is 36.8 Å². The van der Waals surface area contributed by atoms with Gasteiger partial charge in [-0.3, -0.25) is 4.98 Å². The van der Waals surface area contributed by atoms with E-state index in [1.54, 1.807) is 0 Å². The molecule has 0 N–H and O–H groups in total. The number of nitrogens with zero attached hydrogens (tertiary/aromatic N) is 3. The standard InChI is InChI=1S/C26H29N3O2/c1-4-19(5-2)30-20-13-21(14-20)31-26-9-7-18(15-28-26)17-6-8-22-23-16-27-11-10-24(23)29(3)25(22)12-17/h6-12,15-16,19-21H,4-5,13-14H2,1-3H3/t20-,21-. The molecule has 5 rings (SSSR count). The quantitative estimate of drug-likeness (QED) is 0.377. The number of pyridine rings is 2. The van der Waals surface area contributed by atoms with Gasteiger partial charge in [-0.1, -0.05) is 26.0 Å². The molecular weight excluding hydrogens is 386 g/mol. The molecule has 1 aromatic carbocycles. The molecule has 1 aliphatic rings. The Morgan fingerprint density at radius 2 is 1.74 bits per heavy atom. The molecule has 0 saturated heterocycles. The van der Waals surface area contributed by atoms with Crippen LogP contribution in [0.15, 0.2) is 55.0 Å². The maximum Gasteiger partial charge on any atom is 0.213 e. The predicted molar refractivity (Wildman–Crippen MR) is 124 cm³/mol. The fourth-order valence-corrected chi connectivity index (χ4v) is 4.50. The van der Waals surface area contributed by atoms with Crippen molar-refractivity contribution in [1.29, 1.82) is 0 Å². The first-order valence-electron chi connectivity index (χ1n) is 11.3. The van der Waals surface area contributed by atoms with Gasteiger partial charge in [-0.25, -0.2) is 4.98 Å². The third-order valence-electron chi connectivity index (χ3n) is 6.51. The highest BCUT2D eigenvalue weighted by Gasteiger charge is 2.33. The van der Waals surface area contributed by atoms with Crippen LogP contribution >= 0.6 is 0 Å². The summed E-state index contributed by atoms with van der Waals surface area (Å²) in [5, 5.41) is 2.40. The first-order chi connectivity index (χ1) is 15.2. The molecule has 1 fully saturated rings. The van der Waals surface area contributed by atoms with Crippen molar-refractivity contribution in [3.05, 3.63) is 55.0 Å². The molecule has 1 saturated carbocycles. The van der Waals surface area contributed by atoms with Gasteiger partial charge in [0.25, 0.3) is 0 Å². The smallest absolute Gasteiger partial charge is 0.213 e. The summed E-state index contributed by atoms with van der Waals surface area (Å²) in [6, 6.07) is 12.7. The van der Waals surface area contributed by atoms with E-state index >= 15 is 0 Å². The SMILES string of the molecule is CCC(CC)O[C@H]1C[C@H](Oc2ccc(-c3ccc4c5cnccc5n(C)c4c3)cn2)C1. The monoisotopic (exact) mass is 415 g/mol. The van der Waals surface area contributed by atoms with Crippen LogP contribution in [-0.2, 0) is 11.8 Å². The zero-order chi connectivity index (χ0) is 21.4.